The summed E-state index contributed by atoms with van der Waals surface area (Å²) in [4.78, 5) is 41.5. The van der Waals surface area contributed by atoms with Gasteiger partial charge in [-0.15, -0.1) is 16.8 Å². The molecule has 0 radical (unpaired) electrons. The number of halogens is 9. The average molecular weight is 1260 g/mol. The van der Waals surface area contributed by atoms with Gasteiger partial charge in [-0.25, -0.2) is 28.3 Å². The fourth-order valence-corrected chi connectivity index (χ4v) is 9.61. The number of aromatic nitrogens is 4. The van der Waals surface area contributed by atoms with E-state index in [1.165, 1.54) is 125 Å². The highest BCUT2D eigenvalue weighted by molar-refractivity contribution is 6.56. The second kappa shape index (κ2) is 38.6. The summed E-state index contributed by atoms with van der Waals surface area (Å²) in [5, 5.41) is 0. The first-order valence-electron chi connectivity index (χ1n) is 30.0. The van der Waals surface area contributed by atoms with E-state index < -0.39 is 57.9 Å². The van der Waals surface area contributed by atoms with Gasteiger partial charge in [-0.05, 0) is 73.5 Å². The molecule has 0 spiro atoms. The van der Waals surface area contributed by atoms with Gasteiger partial charge in [0, 0.05) is 61.4 Å². The van der Waals surface area contributed by atoms with Gasteiger partial charge in [0.15, 0.2) is 24.6 Å². The number of terminal acetylenes is 1. The average Bonchev–Trinajstić information content (AvgIpc) is 1.79. The van der Waals surface area contributed by atoms with Gasteiger partial charge in [-0.1, -0.05) is 154 Å². The predicted octanol–water partition coefficient (Wildman–Crippen LogP) is 16.3. The Morgan fingerprint density at radius 2 is 0.989 bits per heavy atom. The molecule has 5 heterocycles. The van der Waals surface area contributed by atoms with E-state index in [-0.39, 0.29) is 47.0 Å². The van der Waals surface area contributed by atoms with Crippen LogP contribution in [0.25, 0.3) is 11.4 Å². The minimum Gasteiger partial charge on any atom is -0.451 e. The standard InChI is InChI=1S/C25H21F4N3O2Si.C22H13F4N3O2.2C8H18.C4H8O.FH2N/c1-35(2)11-5-6-16-9-10-20-18(12-16)22(17-7-3-4-8-19(17)26)30-13-21-23(31-15-32(20)21)24(33)34-14-25(27,28)29;1-2-13-7-8-17-15(9-13)19(14-5-3-4-6-16(14)23)27-10-18-20(28-12-29(17)18)21(30)31-11-22(24,25)26;2*1-3-5-7-8-6-4-2;1-2-4-5-3-1;1-2/h3-4,7-10,12,15,35H,11,13-14H2,1-2H3;1,3-9,12H,10-11H2;2*3-8H2,1-2H3;1-4H2;2H2. The molecule has 0 saturated carbocycles. The van der Waals surface area contributed by atoms with Gasteiger partial charge in [0.1, 0.15) is 24.3 Å². The van der Waals surface area contributed by atoms with Gasteiger partial charge >= 0.3 is 24.3 Å². The number of nitrogens with two attached hydrogens (primary N) is 1. The third kappa shape index (κ3) is 23.9. The Morgan fingerprint density at radius 1 is 0.596 bits per heavy atom. The lowest BCUT2D eigenvalue weighted by atomic mass is 9.98. The van der Waals surface area contributed by atoms with Crippen LogP contribution in [0.4, 0.5) is 39.6 Å². The molecule has 1 saturated heterocycles. The van der Waals surface area contributed by atoms with Gasteiger partial charge in [0.25, 0.3) is 0 Å². The third-order valence-electron chi connectivity index (χ3n) is 13.6. The summed E-state index contributed by atoms with van der Waals surface area (Å²) < 4.78 is 130. The number of aliphatic imine (C=N–C) groups is 2. The number of alkyl halides is 6. The van der Waals surface area contributed by atoms with Gasteiger partial charge in [-0.3, -0.25) is 19.1 Å². The minimum absolute atomic E-state index is 0.116. The molecule has 89 heavy (non-hydrogen) atoms. The van der Waals surface area contributed by atoms with E-state index in [1.807, 2.05) is 0 Å². The smallest absolute Gasteiger partial charge is 0.422 e. The van der Waals surface area contributed by atoms with E-state index in [0.717, 1.165) is 24.8 Å². The molecule has 3 aliphatic heterocycles. The number of rotatable bonds is 17. The second-order valence-corrected chi connectivity index (χ2v) is 24.3. The molecule has 0 atom stereocenters. The van der Waals surface area contributed by atoms with Crippen molar-refractivity contribution >= 4 is 32.2 Å². The maximum atomic E-state index is 14.8. The Hall–Kier alpha value is -7.79. The van der Waals surface area contributed by atoms with Gasteiger partial charge in [0.05, 0.1) is 47.3 Å². The van der Waals surface area contributed by atoms with Crippen molar-refractivity contribution in [2.24, 2.45) is 15.9 Å². The number of imidazole rings is 2. The van der Waals surface area contributed by atoms with Crippen LogP contribution in [0.2, 0.25) is 19.1 Å². The first kappa shape index (κ1) is 73.7. The van der Waals surface area contributed by atoms with E-state index >= 15 is 0 Å². The van der Waals surface area contributed by atoms with Crippen molar-refractivity contribution in [1.82, 2.24) is 19.1 Å². The Bertz CT molecular complexity index is 3320. The van der Waals surface area contributed by atoms with Crippen LogP contribution in [0.15, 0.2) is 108 Å². The van der Waals surface area contributed by atoms with E-state index in [4.69, 9.17) is 15.6 Å². The lowest BCUT2D eigenvalue weighted by Crippen LogP contribution is -2.21. The molecule has 2 N–H and O–H groups in total. The fourth-order valence-electron chi connectivity index (χ4n) is 9.10. The number of fused-ring (bicyclic) bond motifs is 6. The summed E-state index contributed by atoms with van der Waals surface area (Å²) in [6, 6.07) is 23.3. The molecule has 0 amide bonds. The highest BCUT2D eigenvalue weighted by Crippen LogP contribution is 2.31. The predicted molar refractivity (Wildman–Crippen MR) is 333 cm³/mol. The van der Waals surface area contributed by atoms with Crippen molar-refractivity contribution in [2.75, 3.05) is 26.4 Å². The van der Waals surface area contributed by atoms with Crippen molar-refractivity contribution in [2.45, 2.75) is 162 Å². The summed E-state index contributed by atoms with van der Waals surface area (Å²) >= 11 is 0. The van der Waals surface area contributed by atoms with Gasteiger partial charge < -0.3 is 14.2 Å². The number of esters is 2. The third-order valence-corrected chi connectivity index (χ3v) is 14.6. The quantitative estimate of drug-likeness (QED) is 0.0237. The topological polar surface area (TPSA) is 148 Å². The molecule has 3 aliphatic rings. The number of hydrogen-bond donors (Lipinski definition) is 1. The second-order valence-electron chi connectivity index (χ2n) is 21.1. The van der Waals surface area contributed by atoms with Crippen molar-refractivity contribution in [3.8, 4) is 35.6 Å². The van der Waals surface area contributed by atoms with Crippen molar-refractivity contribution in [3.05, 3.63) is 165 Å². The van der Waals surface area contributed by atoms with E-state index in [2.05, 4.69) is 93.9 Å². The first-order valence-corrected chi connectivity index (χ1v) is 33.1. The maximum Gasteiger partial charge on any atom is 0.422 e. The van der Waals surface area contributed by atoms with Gasteiger partial charge in [0.2, 0.25) is 0 Å². The molecule has 1 fully saturated rings. The number of carbonyl (C=O) groups is 2. The number of hydrogen-bond acceptors (Lipinski definition) is 10. The zero-order valence-corrected chi connectivity index (χ0v) is 52.6. The molecule has 12 nitrogen and oxygen atoms in total. The minimum atomic E-state index is -4.67. The summed E-state index contributed by atoms with van der Waals surface area (Å²) in [7, 11) is -0.854. The van der Waals surface area contributed by atoms with Crippen LogP contribution in [0, 0.1) is 35.8 Å². The number of unbranched alkanes of at least 4 members (excludes halogenated alkanes) is 10. The molecule has 0 unspecified atom stereocenters. The van der Waals surface area contributed by atoms with Crippen LogP contribution in [0.3, 0.4) is 0 Å². The zero-order chi connectivity index (χ0) is 65.4. The maximum absolute atomic E-state index is 14.8. The molecule has 480 valence electrons. The number of ether oxygens (including phenoxy) is 3. The lowest BCUT2D eigenvalue weighted by Gasteiger charge is -2.13. The Morgan fingerprint density at radius 3 is 1.34 bits per heavy atom. The fraction of sp³-hybridized carbons (Fsp3) is 0.433. The summed E-state index contributed by atoms with van der Waals surface area (Å²) in [6.45, 7) is 11.7. The zero-order valence-electron chi connectivity index (χ0n) is 51.4. The lowest BCUT2D eigenvalue weighted by molar-refractivity contribution is -0.162. The highest BCUT2D eigenvalue weighted by atomic mass is 28.3. The van der Waals surface area contributed by atoms with Crippen LogP contribution in [-0.4, -0.2) is 90.0 Å². The molecule has 0 aliphatic carbocycles. The van der Waals surface area contributed by atoms with Crippen LogP contribution >= 0.6 is 0 Å². The molecule has 9 rings (SSSR count). The van der Waals surface area contributed by atoms with E-state index in [1.54, 1.807) is 71.3 Å². The normalized spacial score (nSPS) is 12.6. The Labute approximate surface area is 518 Å². The number of nitrogens with zero attached hydrogens (tertiary/aromatic N) is 6. The molecular formula is C67H80F9N7O5Si. The number of benzene rings is 4. The molecule has 0 bridgehead atoms. The van der Waals surface area contributed by atoms with E-state index in [0.29, 0.717) is 39.5 Å². The number of carbonyl (C=O) groups excluding carboxylic acids is 2. The molecule has 2 aromatic heterocycles. The first-order chi connectivity index (χ1) is 42.7. The monoisotopic (exact) mass is 1260 g/mol. The van der Waals surface area contributed by atoms with Crippen LogP contribution < -0.4 is 5.96 Å². The van der Waals surface area contributed by atoms with Crippen LogP contribution in [-0.2, 0) is 27.3 Å². The highest BCUT2D eigenvalue weighted by Gasteiger charge is 2.34. The summed E-state index contributed by atoms with van der Waals surface area (Å²) in [6.07, 6.45) is 18.3. The largest absolute Gasteiger partial charge is 0.451 e. The van der Waals surface area contributed by atoms with Crippen molar-refractivity contribution < 1.29 is 63.4 Å². The summed E-state index contributed by atoms with van der Waals surface area (Å²) in [5.74, 6) is 8.41. The van der Waals surface area contributed by atoms with Crippen LogP contribution in [0.1, 0.15) is 183 Å². The van der Waals surface area contributed by atoms with Gasteiger partial charge in [-0.2, -0.15) is 32.3 Å². The Balaban J connectivity index is 0.000000282. The molecule has 22 heteroatoms. The Kier molecular flexibility index (Phi) is 31.9. The van der Waals surface area contributed by atoms with Crippen molar-refractivity contribution in [1.29, 1.82) is 0 Å². The SMILES string of the molecule is C#Cc1ccc2c(c1)C(c1ccccc1F)=NCc1c(C(=O)OCC(F)(F)F)ncn1-2.C1CCOC1.CCCCCCCC.CCCCCCCC.C[SiH](C)CC#Cc1ccc2c(c1)C(c1ccccc1F)=NCc1c(C(=O)OCC(F)(F)F)ncn1-2.NF. The summed E-state index contributed by atoms with van der Waals surface area (Å²) in [5.41, 5.74) is 4.35. The van der Waals surface area contributed by atoms with Crippen LogP contribution in [0.5, 0.6) is 0 Å². The molecular weight excluding hydrogens is 1180 g/mol. The van der Waals surface area contributed by atoms with E-state index in [9.17, 15) is 44.7 Å². The molecule has 4 aromatic carbocycles. The molecule has 6 aromatic rings. The van der Waals surface area contributed by atoms with Crippen molar-refractivity contribution in [3.63, 3.8) is 0 Å².